The number of hydrogen-bond donors (Lipinski definition) is 1. The minimum atomic E-state index is -3.73. The summed E-state index contributed by atoms with van der Waals surface area (Å²) in [6, 6.07) is 12.0. The van der Waals surface area contributed by atoms with Gasteiger partial charge in [0.25, 0.3) is 11.6 Å². The second kappa shape index (κ2) is 9.59. The van der Waals surface area contributed by atoms with Gasteiger partial charge in [0.2, 0.25) is 10.0 Å². The number of carbonyl (C=O) groups excluding carboxylic acids is 1. The van der Waals surface area contributed by atoms with E-state index in [1.165, 1.54) is 33.3 Å². The predicted molar refractivity (Wildman–Crippen MR) is 131 cm³/mol. The minimum absolute atomic E-state index is 0.0557. The molecule has 10 nitrogen and oxygen atoms in total. The summed E-state index contributed by atoms with van der Waals surface area (Å²) in [5.74, 6) is -0.118. The number of nitro benzene ring substituents is 1. The molecule has 0 radical (unpaired) electrons. The number of non-ortho nitro benzene ring substituents is 1. The first-order valence-corrected chi connectivity index (χ1v) is 12.8. The SMILES string of the molecule is Cc1cc(NC(=O)c2cc(S(=O)(=O)N3CCCCC3C)ccc2C)n(-c2ccc([N+](=O)[O-])cc2)n1. The van der Waals surface area contributed by atoms with Crippen molar-refractivity contribution in [1.82, 2.24) is 14.1 Å². The summed E-state index contributed by atoms with van der Waals surface area (Å²) in [5.41, 5.74) is 1.98. The molecule has 11 heteroatoms. The molecule has 1 atom stereocenters. The van der Waals surface area contributed by atoms with Crippen LogP contribution in [-0.4, -0.2) is 45.9 Å². The van der Waals surface area contributed by atoms with Gasteiger partial charge in [0.15, 0.2) is 0 Å². The molecule has 0 aliphatic carbocycles. The van der Waals surface area contributed by atoms with Gasteiger partial charge in [0.1, 0.15) is 5.82 Å². The molecule has 0 spiro atoms. The third-order valence-electron chi connectivity index (χ3n) is 6.18. The van der Waals surface area contributed by atoms with Gasteiger partial charge in [-0.25, -0.2) is 13.1 Å². The number of carbonyl (C=O) groups is 1. The van der Waals surface area contributed by atoms with Crippen LogP contribution < -0.4 is 5.32 Å². The Labute approximate surface area is 203 Å². The lowest BCUT2D eigenvalue weighted by Gasteiger charge is -2.32. The fraction of sp³-hybridized carbons (Fsp3) is 0.333. The van der Waals surface area contributed by atoms with Gasteiger partial charge in [-0.3, -0.25) is 14.9 Å². The molecule has 1 aromatic heterocycles. The van der Waals surface area contributed by atoms with Crippen LogP contribution in [0.4, 0.5) is 11.5 Å². The van der Waals surface area contributed by atoms with E-state index in [1.54, 1.807) is 38.1 Å². The van der Waals surface area contributed by atoms with Crippen LogP contribution in [0, 0.1) is 24.0 Å². The first kappa shape index (κ1) is 24.6. The number of anilines is 1. The summed E-state index contributed by atoms with van der Waals surface area (Å²) in [4.78, 5) is 23.8. The standard InChI is InChI=1S/C24H27N5O5S/c1-16-7-12-21(35(33,34)27-13-5-4-6-18(27)3)15-22(16)24(30)25-23-14-17(2)26-28(23)19-8-10-20(11-9-19)29(31)32/h7-12,14-15,18H,4-6,13H2,1-3H3,(H,25,30). The Morgan fingerprint density at radius 1 is 1.11 bits per heavy atom. The highest BCUT2D eigenvalue weighted by Crippen LogP contribution is 2.27. The summed E-state index contributed by atoms with van der Waals surface area (Å²) < 4.78 is 29.6. The van der Waals surface area contributed by atoms with Crippen LogP contribution in [0.25, 0.3) is 5.69 Å². The maximum atomic E-state index is 13.3. The lowest BCUT2D eigenvalue weighted by atomic mass is 10.1. The Morgan fingerprint density at radius 2 is 1.83 bits per heavy atom. The Balaban J connectivity index is 1.63. The molecule has 2 heterocycles. The second-order valence-electron chi connectivity index (χ2n) is 8.75. The van der Waals surface area contributed by atoms with Gasteiger partial charge in [0.05, 0.1) is 21.2 Å². The molecule has 1 N–H and O–H groups in total. The van der Waals surface area contributed by atoms with Crippen molar-refractivity contribution in [2.45, 2.75) is 51.0 Å². The number of aromatic nitrogens is 2. The Kier molecular flexibility index (Phi) is 6.73. The van der Waals surface area contributed by atoms with Crippen LogP contribution in [0.1, 0.15) is 47.8 Å². The lowest BCUT2D eigenvalue weighted by molar-refractivity contribution is -0.384. The van der Waals surface area contributed by atoms with Crippen molar-refractivity contribution in [2.75, 3.05) is 11.9 Å². The maximum absolute atomic E-state index is 13.3. The van der Waals surface area contributed by atoms with Crippen molar-refractivity contribution in [3.05, 3.63) is 75.5 Å². The number of nitro groups is 1. The molecule has 1 unspecified atom stereocenters. The fourth-order valence-electron chi connectivity index (χ4n) is 4.25. The van der Waals surface area contributed by atoms with E-state index in [0.717, 1.165) is 19.3 Å². The van der Waals surface area contributed by atoms with Gasteiger partial charge in [-0.15, -0.1) is 0 Å². The first-order valence-electron chi connectivity index (χ1n) is 11.3. The zero-order valence-corrected chi connectivity index (χ0v) is 20.6. The third kappa shape index (κ3) is 4.96. The van der Waals surface area contributed by atoms with Crippen molar-refractivity contribution in [3.8, 4) is 5.69 Å². The molecule has 2 aromatic carbocycles. The number of nitrogens with zero attached hydrogens (tertiary/aromatic N) is 4. The van der Waals surface area contributed by atoms with Crippen molar-refractivity contribution < 1.29 is 18.1 Å². The molecule has 1 amide bonds. The number of amides is 1. The summed E-state index contributed by atoms with van der Waals surface area (Å²) in [6.07, 6.45) is 2.62. The van der Waals surface area contributed by atoms with Crippen LogP contribution in [0.5, 0.6) is 0 Å². The van der Waals surface area contributed by atoms with E-state index in [-0.39, 0.29) is 22.2 Å². The molecule has 0 bridgehead atoms. The highest BCUT2D eigenvalue weighted by atomic mass is 32.2. The second-order valence-corrected chi connectivity index (χ2v) is 10.6. The van der Waals surface area contributed by atoms with E-state index in [1.807, 2.05) is 6.92 Å². The summed E-state index contributed by atoms with van der Waals surface area (Å²) in [6.45, 7) is 5.87. The average molecular weight is 498 g/mol. The van der Waals surface area contributed by atoms with Gasteiger partial charge in [-0.2, -0.15) is 9.40 Å². The van der Waals surface area contributed by atoms with E-state index < -0.39 is 20.9 Å². The molecule has 1 saturated heterocycles. The van der Waals surface area contributed by atoms with Crippen molar-refractivity contribution >= 4 is 27.4 Å². The smallest absolute Gasteiger partial charge is 0.269 e. The van der Waals surface area contributed by atoms with Crippen LogP contribution >= 0.6 is 0 Å². The van der Waals surface area contributed by atoms with Gasteiger partial charge < -0.3 is 5.32 Å². The molecule has 0 saturated carbocycles. The lowest BCUT2D eigenvalue weighted by Crippen LogP contribution is -2.42. The number of rotatable bonds is 6. The number of piperidine rings is 1. The third-order valence-corrected chi connectivity index (χ3v) is 8.19. The van der Waals surface area contributed by atoms with E-state index in [0.29, 0.717) is 29.3 Å². The van der Waals surface area contributed by atoms with Crippen LogP contribution in [0.2, 0.25) is 0 Å². The van der Waals surface area contributed by atoms with E-state index in [4.69, 9.17) is 0 Å². The van der Waals surface area contributed by atoms with Crippen LogP contribution in [0.3, 0.4) is 0 Å². The molecular formula is C24H27N5O5S. The van der Waals surface area contributed by atoms with Gasteiger partial charge in [-0.1, -0.05) is 12.5 Å². The highest BCUT2D eigenvalue weighted by Gasteiger charge is 2.31. The minimum Gasteiger partial charge on any atom is -0.306 e. The molecule has 1 fully saturated rings. The van der Waals surface area contributed by atoms with E-state index in [2.05, 4.69) is 10.4 Å². The molecule has 1 aliphatic heterocycles. The van der Waals surface area contributed by atoms with E-state index in [9.17, 15) is 23.3 Å². The van der Waals surface area contributed by atoms with E-state index >= 15 is 0 Å². The average Bonchev–Trinajstić information content (AvgIpc) is 3.19. The number of sulfonamides is 1. The number of aryl methyl sites for hydroxylation is 2. The molecule has 1 aliphatic rings. The normalized spacial score (nSPS) is 16.7. The van der Waals surface area contributed by atoms with Gasteiger partial charge in [-0.05, 0) is 63.4 Å². The highest BCUT2D eigenvalue weighted by molar-refractivity contribution is 7.89. The summed E-state index contributed by atoms with van der Waals surface area (Å²) in [7, 11) is -3.73. The zero-order valence-electron chi connectivity index (χ0n) is 19.8. The Bertz CT molecular complexity index is 1380. The Hall–Kier alpha value is -3.57. The van der Waals surface area contributed by atoms with Crippen LogP contribution in [-0.2, 0) is 10.0 Å². The topological polar surface area (TPSA) is 127 Å². The molecular weight excluding hydrogens is 470 g/mol. The van der Waals surface area contributed by atoms with Crippen molar-refractivity contribution in [3.63, 3.8) is 0 Å². The number of benzene rings is 2. The predicted octanol–water partition coefficient (Wildman–Crippen LogP) is 4.21. The largest absolute Gasteiger partial charge is 0.306 e. The van der Waals surface area contributed by atoms with Crippen LogP contribution in [0.15, 0.2) is 53.4 Å². The quantitative estimate of drug-likeness (QED) is 0.401. The monoisotopic (exact) mass is 497 g/mol. The molecule has 35 heavy (non-hydrogen) atoms. The zero-order chi connectivity index (χ0) is 25.3. The maximum Gasteiger partial charge on any atom is 0.269 e. The summed E-state index contributed by atoms with van der Waals surface area (Å²) >= 11 is 0. The number of hydrogen-bond acceptors (Lipinski definition) is 6. The molecule has 184 valence electrons. The molecule has 3 aromatic rings. The van der Waals surface area contributed by atoms with Crippen molar-refractivity contribution in [2.24, 2.45) is 0 Å². The first-order chi connectivity index (χ1) is 16.6. The molecule has 4 rings (SSSR count). The number of nitrogens with one attached hydrogen (secondary N) is 1. The van der Waals surface area contributed by atoms with Gasteiger partial charge in [0, 0.05) is 36.3 Å². The Morgan fingerprint density at radius 3 is 2.49 bits per heavy atom. The van der Waals surface area contributed by atoms with Crippen molar-refractivity contribution in [1.29, 1.82) is 0 Å². The summed E-state index contributed by atoms with van der Waals surface area (Å²) in [5, 5.41) is 18.1. The van der Waals surface area contributed by atoms with Gasteiger partial charge >= 0.3 is 0 Å². The fourth-order valence-corrected chi connectivity index (χ4v) is 5.98.